The number of carbonyl (C=O) groups excluding carboxylic acids is 1. The van der Waals surface area contributed by atoms with E-state index in [-0.39, 0.29) is 5.75 Å². The molecule has 1 amide bonds. The summed E-state index contributed by atoms with van der Waals surface area (Å²) in [6.07, 6.45) is 1.49. The molecule has 0 spiro atoms. The number of rotatable bonds is 5. The molecule has 5 rings (SSSR count). The summed E-state index contributed by atoms with van der Waals surface area (Å²) in [6.45, 7) is 0. The molecule has 6 nitrogen and oxygen atoms in total. The van der Waals surface area contributed by atoms with Crippen molar-refractivity contribution in [1.29, 1.82) is 0 Å². The summed E-state index contributed by atoms with van der Waals surface area (Å²) in [5.74, 6) is -0.257. The van der Waals surface area contributed by atoms with Crippen LogP contribution in [0.1, 0.15) is 15.2 Å². The van der Waals surface area contributed by atoms with Crippen LogP contribution in [0.3, 0.4) is 0 Å². The lowest BCUT2D eigenvalue weighted by atomic mass is 10.0. The van der Waals surface area contributed by atoms with E-state index in [1.54, 1.807) is 35.6 Å². The quantitative estimate of drug-likeness (QED) is 0.190. The third-order valence-corrected chi connectivity index (χ3v) is 7.36. The number of pyridine rings is 1. The third kappa shape index (κ3) is 4.38. The molecule has 0 saturated carbocycles. The van der Waals surface area contributed by atoms with E-state index >= 15 is 0 Å². The number of thiophene rings is 2. The number of amides is 1. The number of nitrogens with zero attached hydrogens (tertiary/aromatic N) is 2. The Bertz CT molecular complexity index is 1510. The molecule has 0 aliphatic heterocycles. The summed E-state index contributed by atoms with van der Waals surface area (Å²) in [4.78, 5) is 19.7. The van der Waals surface area contributed by atoms with Gasteiger partial charge in [0, 0.05) is 26.4 Å². The van der Waals surface area contributed by atoms with Crippen molar-refractivity contribution in [2.45, 2.75) is 0 Å². The fourth-order valence-electron chi connectivity index (χ4n) is 3.46. The molecule has 9 heteroatoms. The Morgan fingerprint density at radius 1 is 1.12 bits per heavy atom. The number of nitrogens with two attached hydrogens (primary N) is 1. The van der Waals surface area contributed by atoms with Gasteiger partial charge < -0.3 is 10.8 Å². The fourth-order valence-corrected chi connectivity index (χ4v) is 5.35. The number of hydrogen-bond donors (Lipinski definition) is 3. The van der Waals surface area contributed by atoms with Crippen LogP contribution < -0.4 is 11.2 Å². The highest BCUT2D eigenvalue weighted by Crippen LogP contribution is 2.42. The second-order valence-corrected chi connectivity index (χ2v) is 9.74. The van der Waals surface area contributed by atoms with Crippen LogP contribution in [-0.4, -0.2) is 22.2 Å². The topological polar surface area (TPSA) is 101 Å². The maximum absolute atomic E-state index is 12.9. The summed E-state index contributed by atoms with van der Waals surface area (Å²) >= 11 is 8.87. The lowest BCUT2D eigenvalue weighted by molar-refractivity contribution is 0.0960. The van der Waals surface area contributed by atoms with Gasteiger partial charge in [-0.2, -0.15) is 5.10 Å². The van der Waals surface area contributed by atoms with Gasteiger partial charge >= 0.3 is 0 Å². The van der Waals surface area contributed by atoms with Crippen molar-refractivity contribution < 1.29 is 9.90 Å². The molecule has 2 aromatic carbocycles. The highest BCUT2D eigenvalue weighted by atomic mass is 35.5. The number of hydrogen-bond acceptors (Lipinski definition) is 7. The summed E-state index contributed by atoms with van der Waals surface area (Å²) in [5.41, 5.74) is 12.7. The number of carbonyl (C=O) groups is 1. The first-order valence-electron chi connectivity index (χ1n) is 10.1. The van der Waals surface area contributed by atoms with Gasteiger partial charge in [-0.05, 0) is 59.5 Å². The summed E-state index contributed by atoms with van der Waals surface area (Å²) in [6, 6.07) is 19.9. The Kier molecular flexibility index (Phi) is 6.02. The minimum absolute atomic E-state index is 0.159. The maximum atomic E-state index is 12.9. The van der Waals surface area contributed by atoms with Gasteiger partial charge in [0.2, 0.25) is 0 Å². The fraction of sp³-hybridized carbons (Fsp3) is 0. The minimum Gasteiger partial charge on any atom is -0.508 e. The van der Waals surface area contributed by atoms with Crippen molar-refractivity contribution >= 4 is 62.3 Å². The van der Waals surface area contributed by atoms with E-state index in [2.05, 4.69) is 10.5 Å². The number of aromatic hydroxyl groups is 1. The van der Waals surface area contributed by atoms with Gasteiger partial charge in [0.25, 0.3) is 5.91 Å². The molecule has 0 saturated heterocycles. The minimum atomic E-state index is -0.416. The molecular weight excluding hydrogens is 488 g/mol. The zero-order valence-electron chi connectivity index (χ0n) is 17.5. The molecule has 3 aromatic heterocycles. The first kappa shape index (κ1) is 22.1. The first-order valence-corrected chi connectivity index (χ1v) is 12.2. The highest BCUT2D eigenvalue weighted by molar-refractivity contribution is 7.21. The van der Waals surface area contributed by atoms with Crippen LogP contribution in [0.15, 0.2) is 77.2 Å². The molecule has 34 heavy (non-hydrogen) atoms. The van der Waals surface area contributed by atoms with E-state index in [1.165, 1.54) is 17.6 Å². The summed E-state index contributed by atoms with van der Waals surface area (Å²) in [5, 5.41) is 16.8. The molecule has 0 aliphatic rings. The summed E-state index contributed by atoms with van der Waals surface area (Å²) < 4.78 is 0. The Hall–Kier alpha value is -3.72. The number of anilines is 1. The van der Waals surface area contributed by atoms with Crippen LogP contribution in [0.4, 0.5) is 5.69 Å². The molecule has 168 valence electrons. The van der Waals surface area contributed by atoms with Crippen molar-refractivity contribution in [3.63, 3.8) is 0 Å². The number of halogens is 1. The Balaban J connectivity index is 1.54. The monoisotopic (exact) mass is 504 g/mol. The second-order valence-electron chi connectivity index (χ2n) is 7.35. The zero-order valence-corrected chi connectivity index (χ0v) is 19.9. The van der Waals surface area contributed by atoms with E-state index < -0.39 is 5.91 Å². The van der Waals surface area contributed by atoms with E-state index in [0.717, 1.165) is 32.6 Å². The largest absolute Gasteiger partial charge is 0.508 e. The molecule has 5 aromatic rings. The molecule has 0 aliphatic carbocycles. The highest BCUT2D eigenvalue weighted by Gasteiger charge is 2.22. The van der Waals surface area contributed by atoms with Gasteiger partial charge in [-0.3, -0.25) is 4.79 Å². The van der Waals surface area contributed by atoms with Gasteiger partial charge in [-0.25, -0.2) is 10.4 Å². The maximum Gasteiger partial charge on any atom is 0.283 e. The van der Waals surface area contributed by atoms with Crippen molar-refractivity contribution in [2.75, 3.05) is 5.73 Å². The molecule has 0 fully saturated rings. The molecule has 0 radical (unpaired) electrons. The van der Waals surface area contributed by atoms with Crippen molar-refractivity contribution in [3.05, 3.63) is 87.6 Å². The number of aromatic nitrogens is 1. The number of hydrazone groups is 1. The van der Waals surface area contributed by atoms with Crippen molar-refractivity contribution in [1.82, 2.24) is 10.4 Å². The Labute approximate surface area is 208 Å². The molecule has 0 unspecified atom stereocenters. The first-order chi connectivity index (χ1) is 16.5. The van der Waals surface area contributed by atoms with Crippen molar-refractivity contribution in [2.24, 2.45) is 5.10 Å². The molecular formula is C25H17ClN4O2S2. The van der Waals surface area contributed by atoms with Gasteiger partial charge in [-0.1, -0.05) is 29.8 Å². The van der Waals surface area contributed by atoms with E-state index in [4.69, 9.17) is 22.3 Å². The normalized spacial score (nSPS) is 11.3. The van der Waals surface area contributed by atoms with Crippen LogP contribution in [0.2, 0.25) is 5.02 Å². The Morgan fingerprint density at radius 3 is 2.59 bits per heavy atom. The Morgan fingerprint density at radius 2 is 1.88 bits per heavy atom. The van der Waals surface area contributed by atoms with E-state index in [9.17, 15) is 9.90 Å². The van der Waals surface area contributed by atoms with Crippen LogP contribution in [0.5, 0.6) is 5.75 Å². The zero-order chi connectivity index (χ0) is 23.7. The lowest BCUT2D eigenvalue weighted by Gasteiger charge is -2.07. The molecule has 0 bridgehead atoms. The number of fused-ring (bicyclic) bond motifs is 1. The number of phenolic OH excluding ortho intramolecular Hbond substituents is 1. The smallest absolute Gasteiger partial charge is 0.283 e. The SMILES string of the molecule is Nc1c(C(=O)N/N=C/c2ccc(O)cc2)sc2nc(-c3ccc(Cl)cc3)cc(-c3cccs3)c12. The van der Waals surface area contributed by atoms with Gasteiger partial charge in [0.05, 0.1) is 17.6 Å². The second kappa shape index (κ2) is 9.26. The van der Waals surface area contributed by atoms with E-state index in [1.807, 2.05) is 47.8 Å². The van der Waals surface area contributed by atoms with Gasteiger partial charge in [0.1, 0.15) is 15.5 Å². The number of nitrogens with one attached hydrogen (secondary N) is 1. The molecule has 3 heterocycles. The average molecular weight is 505 g/mol. The standard InChI is InChI=1S/C25H17ClN4O2S2/c26-16-7-5-15(6-8-16)19-12-18(20-2-1-11-33-20)21-22(27)23(34-25(21)29-19)24(32)30-28-13-14-3-9-17(31)10-4-14/h1-13,31H,27H2,(H,30,32)/b28-13+. The predicted molar refractivity (Wildman–Crippen MR) is 141 cm³/mol. The van der Waals surface area contributed by atoms with Crippen LogP contribution in [-0.2, 0) is 0 Å². The van der Waals surface area contributed by atoms with E-state index in [0.29, 0.717) is 20.4 Å². The number of phenols is 1. The van der Waals surface area contributed by atoms with Crippen molar-refractivity contribution in [3.8, 4) is 27.4 Å². The molecule has 0 atom stereocenters. The number of nitrogen functional groups attached to an aromatic ring is 1. The van der Waals surface area contributed by atoms with Crippen LogP contribution >= 0.6 is 34.3 Å². The van der Waals surface area contributed by atoms with Gasteiger partial charge in [0.15, 0.2) is 0 Å². The average Bonchev–Trinajstić information content (AvgIpc) is 3.49. The number of benzene rings is 2. The third-order valence-electron chi connectivity index (χ3n) is 5.10. The summed E-state index contributed by atoms with van der Waals surface area (Å²) in [7, 11) is 0. The van der Waals surface area contributed by atoms with Gasteiger partial charge in [-0.15, -0.1) is 22.7 Å². The van der Waals surface area contributed by atoms with Crippen LogP contribution in [0, 0.1) is 0 Å². The predicted octanol–water partition coefficient (Wildman–Crippen LogP) is 6.40. The molecule has 4 N–H and O–H groups in total. The van der Waals surface area contributed by atoms with Crippen LogP contribution in [0.25, 0.3) is 31.9 Å². The lowest BCUT2D eigenvalue weighted by Crippen LogP contribution is -2.17.